The minimum absolute atomic E-state index is 0.248. The van der Waals surface area contributed by atoms with Crippen LogP contribution >= 0.6 is 11.3 Å². The first-order chi connectivity index (χ1) is 13.7. The standard InChI is InChI=1S/C20H18F3N3O2S/c21-20(22,23)14-5-3-13(4-6-14)18-26-16(11-29-18)10-25-15-7-1-12(2-8-15)9-17(24)19(27)28/h1-8,11,17,25H,9-10,24H2,(H,27,28)/t17-/m0/s1. The maximum atomic E-state index is 12.7. The van der Waals surface area contributed by atoms with Crippen LogP contribution in [-0.2, 0) is 23.9 Å². The zero-order valence-electron chi connectivity index (χ0n) is 15.1. The highest BCUT2D eigenvalue weighted by Gasteiger charge is 2.30. The number of nitrogens with one attached hydrogen (secondary N) is 1. The Morgan fingerprint density at radius 1 is 1.14 bits per heavy atom. The first-order valence-corrected chi connectivity index (χ1v) is 9.53. The largest absolute Gasteiger partial charge is 0.480 e. The molecule has 1 atom stereocenters. The Morgan fingerprint density at radius 2 is 1.79 bits per heavy atom. The van der Waals surface area contributed by atoms with Crippen molar-refractivity contribution in [3.63, 3.8) is 0 Å². The fourth-order valence-corrected chi connectivity index (χ4v) is 3.44. The fourth-order valence-electron chi connectivity index (χ4n) is 2.62. The molecule has 0 fully saturated rings. The number of rotatable bonds is 7. The Kier molecular flexibility index (Phi) is 6.19. The molecule has 2 aromatic carbocycles. The van der Waals surface area contributed by atoms with Gasteiger partial charge < -0.3 is 16.2 Å². The van der Waals surface area contributed by atoms with Crippen molar-refractivity contribution < 1.29 is 23.1 Å². The van der Waals surface area contributed by atoms with Crippen LogP contribution in [-0.4, -0.2) is 22.1 Å². The number of carboxylic acid groups (broad SMARTS) is 1. The van der Waals surface area contributed by atoms with Crippen LogP contribution in [0.1, 0.15) is 16.8 Å². The number of alkyl halides is 3. The molecule has 0 saturated carbocycles. The lowest BCUT2D eigenvalue weighted by molar-refractivity contribution is -0.139. The summed E-state index contributed by atoms with van der Waals surface area (Å²) in [5.74, 6) is -1.04. The molecule has 0 unspecified atom stereocenters. The topological polar surface area (TPSA) is 88.2 Å². The van der Waals surface area contributed by atoms with Gasteiger partial charge in [-0.05, 0) is 36.2 Å². The molecule has 3 aromatic rings. The normalized spacial score (nSPS) is 12.6. The minimum atomic E-state index is -4.36. The van der Waals surface area contributed by atoms with E-state index in [1.807, 2.05) is 17.5 Å². The number of carbonyl (C=O) groups is 1. The Balaban J connectivity index is 1.58. The van der Waals surface area contributed by atoms with E-state index in [2.05, 4.69) is 10.3 Å². The average Bonchev–Trinajstić information content (AvgIpc) is 3.16. The molecule has 0 spiro atoms. The summed E-state index contributed by atoms with van der Waals surface area (Å²) in [5, 5.41) is 14.5. The van der Waals surface area contributed by atoms with Crippen LogP contribution < -0.4 is 11.1 Å². The van der Waals surface area contributed by atoms with Crippen LogP contribution in [0.15, 0.2) is 53.9 Å². The predicted octanol–water partition coefficient (Wildman–Crippen LogP) is 4.40. The smallest absolute Gasteiger partial charge is 0.416 e. The highest BCUT2D eigenvalue weighted by molar-refractivity contribution is 7.13. The molecule has 29 heavy (non-hydrogen) atoms. The van der Waals surface area contributed by atoms with Crippen molar-refractivity contribution in [2.45, 2.75) is 25.2 Å². The number of hydrogen-bond donors (Lipinski definition) is 3. The molecule has 5 nitrogen and oxygen atoms in total. The van der Waals surface area contributed by atoms with Crippen LogP contribution in [0.2, 0.25) is 0 Å². The van der Waals surface area contributed by atoms with Crippen LogP contribution in [0, 0.1) is 0 Å². The lowest BCUT2D eigenvalue weighted by Crippen LogP contribution is -2.32. The maximum Gasteiger partial charge on any atom is 0.416 e. The van der Waals surface area contributed by atoms with Gasteiger partial charge in [-0.3, -0.25) is 4.79 Å². The van der Waals surface area contributed by atoms with Crippen LogP contribution in [0.5, 0.6) is 0 Å². The highest BCUT2D eigenvalue weighted by Crippen LogP contribution is 2.31. The first kappa shape index (κ1) is 20.8. The summed E-state index contributed by atoms with van der Waals surface area (Å²) in [6.45, 7) is 0.450. The van der Waals surface area contributed by atoms with Gasteiger partial charge in [0, 0.05) is 16.6 Å². The summed E-state index contributed by atoms with van der Waals surface area (Å²) < 4.78 is 38.0. The van der Waals surface area contributed by atoms with Gasteiger partial charge in [0.1, 0.15) is 11.0 Å². The number of aliphatic carboxylic acids is 1. The molecule has 0 aliphatic carbocycles. The van der Waals surface area contributed by atoms with Crippen LogP contribution in [0.25, 0.3) is 10.6 Å². The van der Waals surface area contributed by atoms with Gasteiger partial charge in [0.05, 0.1) is 17.8 Å². The second-order valence-corrected chi connectivity index (χ2v) is 7.28. The van der Waals surface area contributed by atoms with Gasteiger partial charge in [-0.15, -0.1) is 11.3 Å². The Labute approximate surface area is 169 Å². The molecule has 4 N–H and O–H groups in total. The molecule has 0 amide bonds. The quantitative estimate of drug-likeness (QED) is 0.526. The van der Waals surface area contributed by atoms with Crippen molar-refractivity contribution in [1.29, 1.82) is 0 Å². The number of nitrogens with zero attached hydrogens (tertiary/aromatic N) is 1. The predicted molar refractivity (Wildman–Crippen MR) is 106 cm³/mol. The monoisotopic (exact) mass is 421 g/mol. The number of carboxylic acids is 1. The summed E-state index contributed by atoms with van der Waals surface area (Å²) in [4.78, 5) is 15.3. The molecule has 1 aromatic heterocycles. The fraction of sp³-hybridized carbons (Fsp3) is 0.200. The molecular formula is C20H18F3N3O2S. The number of anilines is 1. The zero-order chi connectivity index (χ0) is 21.0. The van der Waals surface area contributed by atoms with Crippen molar-refractivity contribution in [2.24, 2.45) is 5.73 Å². The van der Waals surface area contributed by atoms with E-state index in [1.54, 1.807) is 12.1 Å². The molecule has 1 heterocycles. The molecule has 0 saturated heterocycles. The summed E-state index contributed by atoms with van der Waals surface area (Å²) in [5.41, 5.74) is 7.89. The van der Waals surface area contributed by atoms with Gasteiger partial charge in [0.2, 0.25) is 0 Å². The third-order valence-corrected chi connectivity index (χ3v) is 5.15. The number of aromatic nitrogens is 1. The number of hydrogen-bond acceptors (Lipinski definition) is 5. The van der Waals surface area contributed by atoms with Gasteiger partial charge in [-0.25, -0.2) is 4.98 Å². The van der Waals surface area contributed by atoms with Crippen molar-refractivity contribution in [1.82, 2.24) is 4.98 Å². The lowest BCUT2D eigenvalue weighted by atomic mass is 10.1. The summed E-state index contributed by atoms with van der Waals surface area (Å²) >= 11 is 1.36. The van der Waals surface area contributed by atoms with Gasteiger partial charge in [-0.1, -0.05) is 24.3 Å². The molecule has 0 bridgehead atoms. The van der Waals surface area contributed by atoms with Gasteiger partial charge in [-0.2, -0.15) is 13.2 Å². The third-order valence-electron chi connectivity index (χ3n) is 4.21. The maximum absolute atomic E-state index is 12.7. The first-order valence-electron chi connectivity index (χ1n) is 8.65. The number of nitrogens with two attached hydrogens (primary N) is 1. The van der Waals surface area contributed by atoms with E-state index in [4.69, 9.17) is 10.8 Å². The second kappa shape index (κ2) is 8.62. The molecule has 152 valence electrons. The minimum Gasteiger partial charge on any atom is -0.480 e. The molecule has 0 aliphatic rings. The molecule has 9 heteroatoms. The summed E-state index contributed by atoms with van der Waals surface area (Å²) in [6.07, 6.45) is -4.11. The Bertz CT molecular complexity index is 970. The van der Waals surface area contributed by atoms with Gasteiger partial charge >= 0.3 is 12.1 Å². The van der Waals surface area contributed by atoms with Gasteiger partial charge in [0.15, 0.2) is 0 Å². The van der Waals surface area contributed by atoms with E-state index >= 15 is 0 Å². The zero-order valence-corrected chi connectivity index (χ0v) is 15.9. The van der Waals surface area contributed by atoms with E-state index < -0.39 is 23.8 Å². The third kappa shape index (κ3) is 5.55. The highest BCUT2D eigenvalue weighted by atomic mass is 32.1. The van der Waals surface area contributed by atoms with Crippen LogP contribution in [0.3, 0.4) is 0 Å². The molecule has 0 radical (unpaired) electrons. The molecule has 0 aliphatic heterocycles. The molecular weight excluding hydrogens is 403 g/mol. The number of halogens is 3. The van der Waals surface area contributed by atoms with E-state index in [0.717, 1.165) is 29.1 Å². The van der Waals surface area contributed by atoms with Crippen molar-refractivity contribution in [2.75, 3.05) is 5.32 Å². The van der Waals surface area contributed by atoms with E-state index in [9.17, 15) is 18.0 Å². The van der Waals surface area contributed by atoms with Gasteiger partial charge in [0.25, 0.3) is 0 Å². The number of thiazole rings is 1. The van der Waals surface area contributed by atoms with Crippen molar-refractivity contribution in [3.05, 3.63) is 70.7 Å². The van der Waals surface area contributed by atoms with E-state index in [0.29, 0.717) is 17.1 Å². The summed E-state index contributed by atoms with van der Waals surface area (Å²) in [7, 11) is 0. The average molecular weight is 421 g/mol. The van der Waals surface area contributed by atoms with Crippen molar-refractivity contribution in [3.8, 4) is 10.6 Å². The lowest BCUT2D eigenvalue weighted by Gasteiger charge is -2.08. The van der Waals surface area contributed by atoms with Crippen molar-refractivity contribution >= 4 is 23.0 Å². The van der Waals surface area contributed by atoms with E-state index in [-0.39, 0.29) is 6.42 Å². The van der Waals surface area contributed by atoms with E-state index in [1.165, 1.54) is 23.5 Å². The van der Waals surface area contributed by atoms with Crippen LogP contribution in [0.4, 0.5) is 18.9 Å². The Morgan fingerprint density at radius 3 is 2.38 bits per heavy atom. The number of benzene rings is 2. The second-order valence-electron chi connectivity index (χ2n) is 6.42. The Hall–Kier alpha value is -2.91. The summed E-state index contributed by atoms with van der Waals surface area (Å²) in [6, 6.07) is 11.3. The SMILES string of the molecule is N[C@@H](Cc1ccc(NCc2csc(-c3ccc(C(F)(F)F)cc3)n2)cc1)C(=O)O. The molecule has 3 rings (SSSR count).